The van der Waals surface area contributed by atoms with Gasteiger partial charge in [-0.05, 0) is 24.7 Å². The van der Waals surface area contributed by atoms with E-state index in [9.17, 15) is 9.18 Å². The number of hydrogen-bond donors (Lipinski definition) is 1. The summed E-state index contributed by atoms with van der Waals surface area (Å²) in [6.07, 6.45) is 0.247. The average molecular weight is 244 g/mol. The van der Waals surface area contributed by atoms with Crippen LogP contribution in [0.4, 0.5) is 4.39 Å². The minimum Gasteiger partial charge on any atom is -0.319 e. The van der Waals surface area contributed by atoms with Gasteiger partial charge in [-0.3, -0.25) is 4.79 Å². The molecule has 4 heteroatoms. The molecule has 0 amide bonds. The summed E-state index contributed by atoms with van der Waals surface area (Å²) in [6, 6.07) is 4.46. The molecule has 0 aliphatic heterocycles. The highest BCUT2D eigenvalue weighted by molar-refractivity contribution is 6.30. The van der Waals surface area contributed by atoms with Crippen molar-refractivity contribution < 1.29 is 9.18 Å². The third kappa shape index (κ3) is 3.58. The van der Waals surface area contributed by atoms with Gasteiger partial charge >= 0.3 is 0 Å². The maximum atomic E-state index is 13.1. The van der Waals surface area contributed by atoms with Crippen LogP contribution in [0.5, 0.6) is 0 Å². The van der Waals surface area contributed by atoms with Gasteiger partial charge in [0.2, 0.25) is 0 Å². The van der Waals surface area contributed by atoms with Crippen molar-refractivity contribution in [1.29, 1.82) is 0 Å². The number of halogens is 2. The molecular formula is C12H15ClFNO. The van der Waals surface area contributed by atoms with Crippen LogP contribution in [0.15, 0.2) is 18.2 Å². The molecule has 1 aromatic rings. The minimum absolute atomic E-state index is 0.0660. The number of nitrogens with one attached hydrogen (secondary N) is 1. The first kappa shape index (κ1) is 13.1. The molecule has 16 heavy (non-hydrogen) atoms. The Morgan fingerprint density at radius 3 is 2.81 bits per heavy atom. The minimum atomic E-state index is -0.478. The van der Waals surface area contributed by atoms with Crippen molar-refractivity contribution in [1.82, 2.24) is 5.32 Å². The Balaban J connectivity index is 2.66. The summed E-state index contributed by atoms with van der Waals surface area (Å²) in [6.45, 7) is 2.49. The summed E-state index contributed by atoms with van der Waals surface area (Å²) in [4.78, 5) is 11.7. The summed E-state index contributed by atoms with van der Waals surface area (Å²) in [5.41, 5.74) is 0.662. The van der Waals surface area contributed by atoms with E-state index in [1.807, 2.05) is 6.92 Å². The smallest absolute Gasteiger partial charge is 0.142 e. The van der Waals surface area contributed by atoms with Crippen LogP contribution in [0, 0.1) is 11.7 Å². The quantitative estimate of drug-likeness (QED) is 0.861. The predicted octanol–water partition coefficient (Wildman–Crippen LogP) is 2.45. The van der Waals surface area contributed by atoms with E-state index in [1.54, 1.807) is 13.1 Å². The third-order valence-corrected chi connectivity index (χ3v) is 2.73. The highest BCUT2D eigenvalue weighted by atomic mass is 35.5. The first-order valence-electron chi connectivity index (χ1n) is 5.16. The maximum absolute atomic E-state index is 13.1. The molecule has 0 bridgehead atoms. The highest BCUT2D eigenvalue weighted by Gasteiger charge is 2.13. The second kappa shape index (κ2) is 5.97. The molecule has 1 rings (SSSR count). The van der Waals surface area contributed by atoms with Crippen LogP contribution in [-0.2, 0) is 11.2 Å². The summed E-state index contributed by atoms with van der Waals surface area (Å²) >= 11 is 5.56. The highest BCUT2D eigenvalue weighted by Crippen LogP contribution is 2.16. The van der Waals surface area contributed by atoms with Crippen molar-refractivity contribution in [3.8, 4) is 0 Å². The standard InChI is InChI=1S/C12H15ClFNO/c1-8(7-15-2)12(16)6-9-3-4-10(13)11(14)5-9/h3-5,8,15H,6-7H2,1-2H3. The Kier molecular flexibility index (Phi) is 4.90. The monoisotopic (exact) mass is 243 g/mol. The van der Waals surface area contributed by atoms with Gasteiger partial charge in [-0.25, -0.2) is 4.39 Å². The van der Waals surface area contributed by atoms with E-state index in [0.29, 0.717) is 12.1 Å². The average Bonchev–Trinajstić information content (AvgIpc) is 2.24. The van der Waals surface area contributed by atoms with Crippen molar-refractivity contribution in [2.45, 2.75) is 13.3 Å². The van der Waals surface area contributed by atoms with E-state index in [1.165, 1.54) is 12.1 Å². The van der Waals surface area contributed by atoms with Crippen LogP contribution >= 0.6 is 11.6 Å². The fourth-order valence-corrected chi connectivity index (χ4v) is 1.56. The van der Waals surface area contributed by atoms with Gasteiger partial charge in [0.25, 0.3) is 0 Å². The molecule has 0 aromatic heterocycles. The van der Waals surface area contributed by atoms with Crippen molar-refractivity contribution >= 4 is 17.4 Å². The van der Waals surface area contributed by atoms with Gasteiger partial charge in [-0.1, -0.05) is 24.6 Å². The molecule has 0 radical (unpaired) electrons. The van der Waals surface area contributed by atoms with Crippen LogP contribution < -0.4 is 5.32 Å². The van der Waals surface area contributed by atoms with Gasteiger partial charge in [0, 0.05) is 18.9 Å². The molecule has 2 nitrogen and oxygen atoms in total. The Morgan fingerprint density at radius 1 is 1.56 bits per heavy atom. The number of Topliss-reactive ketones (excluding diaryl/α,β-unsaturated/α-hetero) is 1. The molecule has 1 N–H and O–H groups in total. The second-order valence-corrected chi connectivity index (χ2v) is 4.26. The zero-order valence-corrected chi connectivity index (χ0v) is 10.1. The van der Waals surface area contributed by atoms with Gasteiger partial charge in [0.05, 0.1) is 5.02 Å². The van der Waals surface area contributed by atoms with Crippen LogP contribution in [0.2, 0.25) is 5.02 Å². The number of carbonyl (C=O) groups excluding carboxylic acids is 1. The van der Waals surface area contributed by atoms with E-state index >= 15 is 0 Å². The molecule has 0 spiro atoms. The molecule has 0 heterocycles. The molecular weight excluding hydrogens is 229 g/mol. The van der Waals surface area contributed by atoms with Crippen molar-refractivity contribution in [2.24, 2.45) is 5.92 Å². The molecule has 0 saturated carbocycles. The van der Waals surface area contributed by atoms with Crippen LogP contribution in [0.1, 0.15) is 12.5 Å². The number of hydrogen-bond acceptors (Lipinski definition) is 2. The summed E-state index contributed by atoms with van der Waals surface area (Å²) in [5, 5.41) is 3.02. The van der Waals surface area contributed by atoms with Crippen LogP contribution in [0.3, 0.4) is 0 Å². The van der Waals surface area contributed by atoms with Crippen molar-refractivity contribution in [3.05, 3.63) is 34.6 Å². The Labute approximate surface area is 99.8 Å². The summed E-state index contributed by atoms with van der Waals surface area (Å²) in [7, 11) is 1.80. The number of rotatable bonds is 5. The Morgan fingerprint density at radius 2 is 2.25 bits per heavy atom. The number of benzene rings is 1. The van der Waals surface area contributed by atoms with E-state index in [-0.39, 0.29) is 23.1 Å². The molecule has 1 unspecified atom stereocenters. The molecule has 0 saturated heterocycles. The van der Waals surface area contributed by atoms with Gasteiger partial charge in [0.15, 0.2) is 0 Å². The molecule has 0 aliphatic rings. The van der Waals surface area contributed by atoms with E-state index in [4.69, 9.17) is 11.6 Å². The Hall–Kier alpha value is -0.930. The van der Waals surface area contributed by atoms with Crippen LogP contribution in [-0.4, -0.2) is 19.4 Å². The summed E-state index contributed by atoms with van der Waals surface area (Å²) in [5.74, 6) is -0.451. The van der Waals surface area contributed by atoms with Gasteiger partial charge in [-0.2, -0.15) is 0 Å². The number of ketones is 1. The van der Waals surface area contributed by atoms with Crippen LogP contribution in [0.25, 0.3) is 0 Å². The summed E-state index contributed by atoms with van der Waals surface area (Å²) < 4.78 is 13.1. The number of carbonyl (C=O) groups is 1. The van der Waals surface area contributed by atoms with Gasteiger partial charge in [-0.15, -0.1) is 0 Å². The van der Waals surface area contributed by atoms with E-state index in [2.05, 4.69) is 5.32 Å². The topological polar surface area (TPSA) is 29.1 Å². The predicted molar refractivity (Wildman–Crippen MR) is 63.2 cm³/mol. The molecule has 1 aromatic carbocycles. The van der Waals surface area contributed by atoms with Gasteiger partial charge < -0.3 is 5.32 Å². The molecule has 88 valence electrons. The lowest BCUT2D eigenvalue weighted by atomic mass is 9.99. The first-order valence-corrected chi connectivity index (χ1v) is 5.53. The lowest BCUT2D eigenvalue weighted by Gasteiger charge is -2.09. The first-order chi connectivity index (χ1) is 7.54. The molecule has 0 aliphatic carbocycles. The Bertz CT molecular complexity index is 381. The SMILES string of the molecule is CNCC(C)C(=O)Cc1ccc(Cl)c(F)c1. The zero-order valence-electron chi connectivity index (χ0n) is 9.39. The fourth-order valence-electron chi connectivity index (χ4n) is 1.45. The molecule has 0 fully saturated rings. The lowest BCUT2D eigenvalue weighted by molar-refractivity contribution is -0.121. The molecule has 1 atom stereocenters. The third-order valence-electron chi connectivity index (χ3n) is 2.42. The largest absolute Gasteiger partial charge is 0.319 e. The lowest BCUT2D eigenvalue weighted by Crippen LogP contribution is -2.24. The van der Waals surface area contributed by atoms with E-state index in [0.717, 1.165) is 0 Å². The van der Waals surface area contributed by atoms with Crippen molar-refractivity contribution in [2.75, 3.05) is 13.6 Å². The van der Waals surface area contributed by atoms with Crippen molar-refractivity contribution in [3.63, 3.8) is 0 Å². The maximum Gasteiger partial charge on any atom is 0.142 e. The van der Waals surface area contributed by atoms with E-state index < -0.39 is 5.82 Å². The van der Waals surface area contributed by atoms with Gasteiger partial charge in [0.1, 0.15) is 11.6 Å². The fraction of sp³-hybridized carbons (Fsp3) is 0.417. The second-order valence-electron chi connectivity index (χ2n) is 3.85. The zero-order chi connectivity index (χ0) is 12.1. The normalized spacial score (nSPS) is 12.5.